The largest absolute Gasteiger partial charge is 0.492 e. The maximum absolute atomic E-state index is 15.1. The van der Waals surface area contributed by atoms with Crippen LogP contribution in [0.3, 0.4) is 0 Å². The summed E-state index contributed by atoms with van der Waals surface area (Å²) in [4.78, 5) is 0. The van der Waals surface area contributed by atoms with Gasteiger partial charge in [0.05, 0.1) is 0 Å². The van der Waals surface area contributed by atoms with Gasteiger partial charge >= 0.3 is 0 Å². The van der Waals surface area contributed by atoms with E-state index in [1.165, 1.54) is 36.1 Å². The van der Waals surface area contributed by atoms with E-state index in [1.54, 1.807) is 6.07 Å². The molecule has 5 heteroatoms. The monoisotopic (exact) mass is 503 g/mol. The molecule has 1 atom stereocenters. The van der Waals surface area contributed by atoms with Crippen LogP contribution in [0.2, 0.25) is 0 Å². The summed E-state index contributed by atoms with van der Waals surface area (Å²) in [6.07, 6.45) is 5.19. The predicted molar refractivity (Wildman–Crippen MR) is 146 cm³/mol. The number of rotatable bonds is 8. The molecule has 2 fully saturated rings. The zero-order valence-electron chi connectivity index (χ0n) is 21.2. The highest BCUT2D eigenvalue weighted by atomic mass is 32.2. The van der Waals surface area contributed by atoms with Crippen LogP contribution < -0.4 is 9.47 Å². The van der Waals surface area contributed by atoms with Gasteiger partial charge < -0.3 is 9.47 Å². The van der Waals surface area contributed by atoms with Gasteiger partial charge in [0.2, 0.25) is 0 Å². The Bertz CT molecular complexity index is 1230. The van der Waals surface area contributed by atoms with E-state index in [2.05, 4.69) is 42.4 Å². The Morgan fingerprint density at radius 1 is 0.972 bits per heavy atom. The number of halogens is 1. The minimum atomic E-state index is -0.251. The zero-order valence-corrected chi connectivity index (χ0v) is 22.0. The topological polar surface area (TPSA) is 21.7 Å². The Balaban J connectivity index is 1.22. The van der Waals surface area contributed by atoms with E-state index in [0.717, 1.165) is 71.2 Å². The molecule has 0 aromatic heterocycles. The van der Waals surface area contributed by atoms with E-state index in [1.807, 2.05) is 30.1 Å². The fraction of sp³-hybridized carbons (Fsp3) is 0.419. The van der Waals surface area contributed by atoms with Gasteiger partial charge in [-0.15, -0.1) is 0 Å². The first kappa shape index (κ1) is 23.9. The second-order valence-corrected chi connectivity index (χ2v) is 11.6. The number of benzene rings is 3. The first-order chi connectivity index (χ1) is 17.6. The molecule has 3 aromatic carbocycles. The molecule has 188 valence electrons. The number of hydrogen-bond acceptors (Lipinski definition) is 4. The SMILES string of the molecule is Cc1cc(OCCN2CCCS2)cc(C)c1-c1ccc(F)c2c1CCC2Oc1ccc(C2CC2)cc1. The lowest BCUT2D eigenvalue weighted by molar-refractivity contribution is 0.203. The first-order valence-corrected chi connectivity index (χ1v) is 14.2. The van der Waals surface area contributed by atoms with Crippen molar-refractivity contribution in [3.8, 4) is 22.6 Å². The van der Waals surface area contributed by atoms with Crippen LogP contribution in [0.5, 0.6) is 11.5 Å². The molecule has 0 bridgehead atoms. The Morgan fingerprint density at radius 2 is 1.75 bits per heavy atom. The van der Waals surface area contributed by atoms with Gasteiger partial charge in [0.1, 0.15) is 30.0 Å². The molecule has 3 aliphatic rings. The van der Waals surface area contributed by atoms with Crippen LogP contribution in [0.15, 0.2) is 48.5 Å². The van der Waals surface area contributed by atoms with Crippen molar-refractivity contribution in [3.05, 3.63) is 82.2 Å². The highest BCUT2D eigenvalue weighted by molar-refractivity contribution is 7.97. The molecule has 0 amide bonds. The zero-order chi connectivity index (χ0) is 24.6. The van der Waals surface area contributed by atoms with Gasteiger partial charge in [-0.3, -0.25) is 0 Å². The standard InChI is InChI=1S/C31H34FNO2S/c1-20-18-25(34-16-15-33-14-3-17-36-33)19-21(2)30(20)26-10-12-28(32)31-27(26)11-13-29(31)35-24-8-6-23(7-9-24)22-4-5-22/h6-10,12,18-19,22,29H,3-5,11,13-17H2,1-2H3. The molecule has 2 aliphatic carbocycles. The second kappa shape index (κ2) is 10.1. The number of ether oxygens (including phenoxy) is 2. The highest BCUT2D eigenvalue weighted by Gasteiger charge is 2.31. The fourth-order valence-electron chi connectivity index (χ4n) is 5.80. The van der Waals surface area contributed by atoms with Crippen molar-refractivity contribution in [1.29, 1.82) is 0 Å². The maximum Gasteiger partial charge on any atom is 0.130 e. The fourth-order valence-corrected chi connectivity index (χ4v) is 6.78. The molecule has 3 nitrogen and oxygen atoms in total. The molecule has 1 aliphatic heterocycles. The van der Waals surface area contributed by atoms with Crippen molar-refractivity contribution in [2.24, 2.45) is 0 Å². The van der Waals surface area contributed by atoms with Gasteiger partial charge in [-0.05, 0) is 116 Å². The van der Waals surface area contributed by atoms with Crippen molar-refractivity contribution in [2.45, 2.75) is 58.0 Å². The average molecular weight is 504 g/mol. The smallest absolute Gasteiger partial charge is 0.130 e. The summed E-state index contributed by atoms with van der Waals surface area (Å²) in [5.74, 6) is 3.50. The molecule has 3 aromatic rings. The molecular weight excluding hydrogens is 469 g/mol. The molecule has 0 spiro atoms. The Hall–Kier alpha value is -2.50. The molecule has 1 saturated heterocycles. The Labute approximate surface area is 218 Å². The third kappa shape index (κ3) is 4.88. The van der Waals surface area contributed by atoms with Crippen LogP contribution in [-0.4, -0.2) is 29.8 Å². The van der Waals surface area contributed by atoms with Crippen molar-refractivity contribution < 1.29 is 13.9 Å². The lowest BCUT2D eigenvalue weighted by atomic mass is 9.90. The molecule has 0 radical (unpaired) electrons. The second-order valence-electron chi connectivity index (χ2n) is 10.4. The van der Waals surface area contributed by atoms with Crippen molar-refractivity contribution in [3.63, 3.8) is 0 Å². The maximum atomic E-state index is 15.1. The van der Waals surface area contributed by atoms with E-state index < -0.39 is 0 Å². The number of fused-ring (bicyclic) bond motifs is 1. The molecule has 6 rings (SSSR count). The lowest BCUT2D eigenvalue weighted by Crippen LogP contribution is -2.19. The van der Waals surface area contributed by atoms with Crippen LogP contribution in [0.25, 0.3) is 11.1 Å². The normalized spacial score (nSPS) is 19.5. The summed E-state index contributed by atoms with van der Waals surface area (Å²) >= 11 is 1.91. The summed E-state index contributed by atoms with van der Waals surface area (Å²) in [6, 6.07) is 16.2. The van der Waals surface area contributed by atoms with Crippen molar-refractivity contribution in [1.82, 2.24) is 4.31 Å². The third-order valence-electron chi connectivity index (χ3n) is 7.70. The lowest BCUT2D eigenvalue weighted by Gasteiger charge is -2.19. The van der Waals surface area contributed by atoms with E-state index in [0.29, 0.717) is 6.61 Å². The van der Waals surface area contributed by atoms with Crippen LogP contribution in [0, 0.1) is 19.7 Å². The quantitative estimate of drug-likeness (QED) is 0.293. The molecule has 1 unspecified atom stereocenters. The molecule has 36 heavy (non-hydrogen) atoms. The summed E-state index contributed by atoms with van der Waals surface area (Å²) in [7, 11) is 0. The number of nitrogens with zero attached hydrogens (tertiary/aromatic N) is 1. The van der Waals surface area contributed by atoms with Gasteiger partial charge in [0.25, 0.3) is 0 Å². The van der Waals surface area contributed by atoms with Crippen LogP contribution >= 0.6 is 11.9 Å². The Kier molecular flexibility index (Phi) is 6.70. The summed E-state index contributed by atoms with van der Waals surface area (Å²) < 4.78 is 30.0. The number of aryl methyl sites for hydroxylation is 2. The summed E-state index contributed by atoms with van der Waals surface area (Å²) in [5, 5.41) is 0. The van der Waals surface area contributed by atoms with E-state index in [-0.39, 0.29) is 11.9 Å². The van der Waals surface area contributed by atoms with Crippen LogP contribution in [0.4, 0.5) is 4.39 Å². The first-order valence-electron chi connectivity index (χ1n) is 13.3. The minimum Gasteiger partial charge on any atom is -0.492 e. The average Bonchev–Trinajstić information content (AvgIpc) is 3.42. The Morgan fingerprint density at radius 3 is 2.44 bits per heavy atom. The third-order valence-corrected chi connectivity index (χ3v) is 8.90. The van der Waals surface area contributed by atoms with Crippen molar-refractivity contribution >= 4 is 11.9 Å². The van der Waals surface area contributed by atoms with Gasteiger partial charge in [-0.2, -0.15) is 0 Å². The molecular formula is C31H34FNO2S. The number of hydrogen-bond donors (Lipinski definition) is 0. The van der Waals surface area contributed by atoms with Crippen LogP contribution in [-0.2, 0) is 6.42 Å². The molecule has 0 N–H and O–H groups in total. The van der Waals surface area contributed by atoms with E-state index in [4.69, 9.17) is 9.47 Å². The minimum absolute atomic E-state index is 0.166. The molecule has 1 heterocycles. The van der Waals surface area contributed by atoms with Gasteiger partial charge in [0, 0.05) is 24.4 Å². The molecule has 1 saturated carbocycles. The van der Waals surface area contributed by atoms with Crippen LogP contribution in [0.1, 0.15) is 65.5 Å². The summed E-state index contributed by atoms with van der Waals surface area (Å²) in [6.45, 7) is 7.05. The van der Waals surface area contributed by atoms with Gasteiger partial charge in [-0.25, -0.2) is 8.70 Å². The predicted octanol–water partition coefficient (Wildman–Crippen LogP) is 7.79. The van der Waals surface area contributed by atoms with E-state index in [9.17, 15) is 0 Å². The van der Waals surface area contributed by atoms with Gasteiger partial charge in [-0.1, -0.05) is 30.1 Å². The van der Waals surface area contributed by atoms with Crippen molar-refractivity contribution in [2.75, 3.05) is 25.4 Å². The van der Waals surface area contributed by atoms with E-state index >= 15 is 4.39 Å². The highest BCUT2D eigenvalue weighted by Crippen LogP contribution is 2.44. The van der Waals surface area contributed by atoms with Gasteiger partial charge in [0.15, 0.2) is 0 Å². The summed E-state index contributed by atoms with van der Waals surface area (Å²) in [5.41, 5.74) is 7.82.